The molecule has 0 radical (unpaired) electrons. The molecule has 0 saturated carbocycles. The summed E-state index contributed by atoms with van der Waals surface area (Å²) < 4.78 is 2.00. The molecule has 30 heavy (non-hydrogen) atoms. The van der Waals surface area contributed by atoms with Gasteiger partial charge >= 0.3 is 0 Å². The number of allylic oxidation sites excluding steroid dienone is 1. The summed E-state index contributed by atoms with van der Waals surface area (Å²) in [6.45, 7) is 5.50. The summed E-state index contributed by atoms with van der Waals surface area (Å²) in [5.41, 5.74) is 12.2. The van der Waals surface area contributed by atoms with Gasteiger partial charge in [0.1, 0.15) is 5.82 Å². The van der Waals surface area contributed by atoms with Crippen LogP contribution in [0.2, 0.25) is 0 Å². The molecule has 0 fully saturated rings. The van der Waals surface area contributed by atoms with Crippen LogP contribution in [0.4, 0.5) is 17.5 Å². The first kappa shape index (κ1) is 22.1. The zero-order valence-corrected chi connectivity index (χ0v) is 19.3. The second kappa shape index (κ2) is 11.0. The Kier molecular flexibility index (Phi) is 8.06. The largest absolute Gasteiger partial charge is 0.363 e. The minimum Gasteiger partial charge on any atom is -0.363 e. The number of aliphatic imine (C=N–C) groups is 1. The lowest BCUT2D eigenvalue weighted by Gasteiger charge is -2.17. The van der Waals surface area contributed by atoms with E-state index in [1.165, 1.54) is 16.7 Å². The summed E-state index contributed by atoms with van der Waals surface area (Å²) in [5.74, 6) is 1.39. The Morgan fingerprint density at radius 3 is 3.00 bits per heavy atom. The van der Waals surface area contributed by atoms with Gasteiger partial charge in [-0.2, -0.15) is 0 Å². The second-order valence-electron chi connectivity index (χ2n) is 7.24. The number of rotatable bonds is 7. The highest BCUT2D eigenvalue weighted by Gasteiger charge is 2.12. The van der Waals surface area contributed by atoms with Gasteiger partial charge in [0, 0.05) is 12.8 Å². The molecule has 1 unspecified atom stereocenters. The molecular weight excluding hydrogens is 489 g/mol. The fourth-order valence-corrected chi connectivity index (χ4v) is 3.54. The van der Waals surface area contributed by atoms with Crippen molar-refractivity contribution in [2.45, 2.75) is 39.3 Å². The van der Waals surface area contributed by atoms with Crippen LogP contribution >= 0.6 is 22.6 Å². The van der Waals surface area contributed by atoms with Gasteiger partial charge in [-0.3, -0.25) is 4.99 Å². The molecule has 156 valence electrons. The lowest BCUT2D eigenvalue weighted by molar-refractivity contribution is 0.793. The van der Waals surface area contributed by atoms with Crippen LogP contribution in [0, 0.1) is 12.5 Å². The Labute approximate surface area is 190 Å². The van der Waals surface area contributed by atoms with Crippen LogP contribution in [0.15, 0.2) is 50.2 Å². The quantitative estimate of drug-likeness (QED) is 0.237. The van der Waals surface area contributed by atoms with E-state index in [0.29, 0.717) is 18.2 Å². The number of hydrogen-bond acceptors (Lipinski definition) is 7. The van der Waals surface area contributed by atoms with Crippen molar-refractivity contribution in [2.75, 3.05) is 17.2 Å². The molecule has 0 spiro atoms. The first-order chi connectivity index (χ1) is 14.6. The number of benzene rings is 1. The van der Waals surface area contributed by atoms with Gasteiger partial charge in [-0.25, -0.2) is 15.5 Å². The van der Waals surface area contributed by atoms with Gasteiger partial charge in [0.25, 0.3) is 0 Å². The van der Waals surface area contributed by atoms with Gasteiger partial charge in [0.2, 0.25) is 5.82 Å². The van der Waals surface area contributed by atoms with Gasteiger partial charge < -0.3 is 10.6 Å². The van der Waals surface area contributed by atoms with Crippen LogP contribution in [0.1, 0.15) is 36.5 Å². The summed E-state index contributed by atoms with van der Waals surface area (Å²) in [4.78, 5) is 13.4. The first-order valence-corrected chi connectivity index (χ1v) is 11.1. The van der Waals surface area contributed by atoms with Crippen LogP contribution in [-0.2, 0) is 6.54 Å². The van der Waals surface area contributed by atoms with Crippen LogP contribution in [-0.4, -0.2) is 28.8 Å². The van der Waals surface area contributed by atoms with E-state index >= 15 is 0 Å². The predicted molar refractivity (Wildman–Crippen MR) is 132 cm³/mol. The maximum absolute atomic E-state index is 7.40. The minimum absolute atomic E-state index is 0.0926. The Balaban J connectivity index is 1.72. The Hall–Kier alpha value is -2.62. The third-order valence-electron chi connectivity index (χ3n) is 4.84. The average molecular weight is 515 g/mol. The maximum Gasteiger partial charge on any atom is 0.216 e. The molecule has 0 saturated heterocycles. The number of halogens is 1. The summed E-state index contributed by atoms with van der Waals surface area (Å²) >= 11 is 2.22. The van der Waals surface area contributed by atoms with E-state index < -0.39 is 0 Å². The monoisotopic (exact) mass is 515 g/mol. The molecule has 3 rings (SSSR count). The Bertz CT molecular complexity index is 981. The number of hydrogen-bond donors (Lipinski definition) is 3. The zero-order valence-electron chi connectivity index (χ0n) is 17.2. The van der Waals surface area contributed by atoms with E-state index in [-0.39, 0.29) is 11.9 Å². The predicted octanol–water partition coefficient (Wildman–Crippen LogP) is 6.06. The average Bonchev–Trinajstić information content (AvgIpc) is 2.73. The fraction of sp³-hybridized carbons (Fsp3) is 0.318. The summed E-state index contributed by atoms with van der Waals surface area (Å²) in [5, 5.41) is 10.2. The molecule has 2 aromatic rings. The number of aryl methyl sites for hydroxylation is 1. The van der Waals surface area contributed by atoms with Crippen molar-refractivity contribution < 1.29 is 0 Å². The minimum atomic E-state index is 0.0926. The van der Waals surface area contributed by atoms with Crippen molar-refractivity contribution >= 4 is 52.3 Å². The lowest BCUT2D eigenvalue weighted by atomic mass is 10.1. The molecule has 3 N–H and O–H groups in total. The van der Waals surface area contributed by atoms with E-state index in [9.17, 15) is 0 Å². The van der Waals surface area contributed by atoms with Crippen molar-refractivity contribution in [2.24, 2.45) is 10.1 Å². The van der Waals surface area contributed by atoms with Crippen molar-refractivity contribution in [3.63, 3.8) is 0 Å². The van der Waals surface area contributed by atoms with Crippen LogP contribution in [0.5, 0.6) is 0 Å². The fourth-order valence-electron chi connectivity index (χ4n) is 3.16. The number of nitrogens with one attached hydrogen (secondary N) is 3. The summed E-state index contributed by atoms with van der Waals surface area (Å²) in [7, 11) is 0. The highest BCUT2D eigenvalue weighted by atomic mass is 127. The van der Waals surface area contributed by atoms with Crippen LogP contribution < -0.4 is 10.6 Å². The number of anilines is 2. The normalized spacial score (nSPS) is 19.4. The Morgan fingerprint density at radius 2 is 2.20 bits per heavy atom. The molecule has 1 aliphatic heterocycles. The molecule has 0 amide bonds. The van der Waals surface area contributed by atoms with E-state index in [1.54, 1.807) is 6.20 Å². The smallest absolute Gasteiger partial charge is 0.216 e. The third kappa shape index (κ3) is 6.19. The molecular formula is C22H26IN7. The van der Waals surface area contributed by atoms with E-state index in [4.69, 9.17) is 5.53 Å². The standard InChI is InChI=1S/C22H26IN7/c1-15-4-3-5-19(13-25-11-15)28-20-14-27-22(30-24)21(29-20)26-12-17-7-6-16(2)18(10-17)8-9-23/h4,6-10,13-14,19,24H,3,5,11-12H2,1-2H3,(H2,26,28,29)/b9-8-,15-4-,25-13-,30-24?. The van der Waals surface area contributed by atoms with Crippen molar-refractivity contribution in [1.82, 2.24) is 9.97 Å². The van der Waals surface area contributed by atoms with Crippen LogP contribution in [0.25, 0.3) is 6.08 Å². The molecule has 1 atom stereocenters. The first-order valence-electron chi connectivity index (χ1n) is 9.86. The van der Waals surface area contributed by atoms with Gasteiger partial charge in [0.05, 0.1) is 18.8 Å². The van der Waals surface area contributed by atoms with Gasteiger partial charge in [-0.1, -0.05) is 46.4 Å². The molecule has 7 nitrogen and oxygen atoms in total. The molecule has 2 heterocycles. The van der Waals surface area contributed by atoms with Crippen molar-refractivity contribution in [3.8, 4) is 0 Å². The van der Waals surface area contributed by atoms with E-state index in [1.807, 2.05) is 10.3 Å². The number of nitrogens with zero attached hydrogens (tertiary/aromatic N) is 4. The molecule has 0 aliphatic carbocycles. The van der Waals surface area contributed by atoms with Gasteiger partial charge in [-0.15, -0.1) is 5.11 Å². The topological polar surface area (TPSA) is 98.4 Å². The van der Waals surface area contributed by atoms with Gasteiger partial charge in [0.15, 0.2) is 5.82 Å². The highest BCUT2D eigenvalue weighted by Crippen LogP contribution is 2.23. The van der Waals surface area contributed by atoms with Crippen molar-refractivity contribution in [3.05, 3.63) is 56.8 Å². The lowest BCUT2D eigenvalue weighted by Crippen LogP contribution is -2.23. The van der Waals surface area contributed by atoms with Crippen molar-refractivity contribution in [1.29, 1.82) is 5.53 Å². The molecule has 0 bridgehead atoms. The third-order valence-corrected chi connectivity index (χ3v) is 5.19. The van der Waals surface area contributed by atoms with E-state index in [0.717, 1.165) is 24.9 Å². The molecule has 1 aromatic carbocycles. The van der Waals surface area contributed by atoms with Gasteiger partial charge in [-0.05, 0) is 59.6 Å². The summed E-state index contributed by atoms with van der Waals surface area (Å²) in [6, 6.07) is 6.42. The SMILES string of the molecule is C/C1=C/CCC(Nc2cnc(N=N)c(NCc3ccc(C)c(/C=C\I)c3)n2)/C=N\C1. The maximum atomic E-state index is 7.40. The molecule has 8 heteroatoms. The Morgan fingerprint density at radius 1 is 1.33 bits per heavy atom. The molecule has 1 aliphatic rings. The highest BCUT2D eigenvalue weighted by molar-refractivity contribution is 14.1. The number of aromatic nitrogens is 2. The van der Waals surface area contributed by atoms with E-state index in [2.05, 4.69) is 97.5 Å². The summed E-state index contributed by atoms with van der Waals surface area (Å²) in [6.07, 6.45) is 9.81. The van der Waals surface area contributed by atoms with Crippen LogP contribution in [0.3, 0.4) is 0 Å². The molecule has 1 aromatic heterocycles. The second-order valence-corrected chi connectivity index (χ2v) is 7.96. The zero-order chi connectivity index (χ0) is 21.3.